The molecule has 0 atom stereocenters. The van der Waals surface area contributed by atoms with Gasteiger partial charge in [-0.05, 0) is 31.6 Å². The van der Waals surface area contributed by atoms with Crippen LogP contribution in [0.4, 0.5) is 10.7 Å². The van der Waals surface area contributed by atoms with E-state index in [2.05, 4.69) is 12.2 Å². The average Bonchev–Trinajstić information content (AvgIpc) is 2.76. The van der Waals surface area contributed by atoms with Crippen molar-refractivity contribution in [1.82, 2.24) is 0 Å². The number of rotatable bonds is 5. The number of Topliss-reactive ketones (excluding diaryl/α,β-unsaturated/α-hetero) is 1. The Morgan fingerprint density at radius 1 is 1.40 bits per heavy atom. The summed E-state index contributed by atoms with van der Waals surface area (Å²) in [6, 6.07) is 0.463. The van der Waals surface area contributed by atoms with Crippen molar-refractivity contribution < 1.29 is 9.53 Å². The number of ketones is 1. The Morgan fingerprint density at radius 2 is 2.05 bits per heavy atom. The fourth-order valence-corrected chi connectivity index (χ4v) is 3.95. The van der Waals surface area contributed by atoms with Gasteiger partial charge in [0.2, 0.25) is 0 Å². The van der Waals surface area contributed by atoms with E-state index in [4.69, 9.17) is 10.5 Å². The molecule has 3 N–H and O–H groups in total. The first-order chi connectivity index (χ1) is 9.56. The zero-order valence-corrected chi connectivity index (χ0v) is 13.3. The Bertz CT molecular complexity index is 476. The minimum Gasteiger partial charge on any atom is -0.492 e. The van der Waals surface area contributed by atoms with E-state index in [0.717, 1.165) is 10.9 Å². The first-order valence-electron chi connectivity index (χ1n) is 7.30. The molecule has 1 heterocycles. The minimum absolute atomic E-state index is 0.00598. The molecule has 1 fully saturated rings. The predicted molar refractivity (Wildman–Crippen MR) is 84.9 cm³/mol. The van der Waals surface area contributed by atoms with Crippen molar-refractivity contribution in [1.29, 1.82) is 0 Å². The summed E-state index contributed by atoms with van der Waals surface area (Å²) in [7, 11) is 1.60. The predicted octanol–water partition coefficient (Wildman–Crippen LogP) is 3.92. The molecule has 112 valence electrons. The molecule has 2 rings (SSSR count). The van der Waals surface area contributed by atoms with Gasteiger partial charge in [-0.15, -0.1) is 11.3 Å². The lowest BCUT2D eigenvalue weighted by atomic mass is 9.84. The van der Waals surface area contributed by atoms with Crippen LogP contribution in [0.15, 0.2) is 0 Å². The van der Waals surface area contributed by atoms with Crippen molar-refractivity contribution in [2.45, 2.75) is 52.0 Å². The second kappa shape index (κ2) is 6.48. The molecule has 1 saturated carbocycles. The van der Waals surface area contributed by atoms with Crippen molar-refractivity contribution in [3.05, 3.63) is 4.88 Å². The molecular formula is C15H24N2O2S. The van der Waals surface area contributed by atoms with Gasteiger partial charge >= 0.3 is 0 Å². The molecule has 0 bridgehead atoms. The molecule has 0 saturated heterocycles. The SMILES string of the molecule is CCC1CCC(Nc2sc(C(C)=O)c(N)c2OC)CC1. The fraction of sp³-hybridized carbons (Fsp3) is 0.667. The van der Waals surface area contributed by atoms with Gasteiger partial charge in [0.25, 0.3) is 0 Å². The lowest BCUT2D eigenvalue weighted by molar-refractivity contribution is 0.102. The zero-order valence-electron chi connectivity index (χ0n) is 12.5. The molecule has 0 amide bonds. The number of ether oxygens (including phenoxy) is 1. The molecule has 1 aromatic heterocycles. The number of hydrogen-bond donors (Lipinski definition) is 2. The van der Waals surface area contributed by atoms with Gasteiger partial charge in [-0.3, -0.25) is 4.79 Å². The Labute approximate surface area is 124 Å². The van der Waals surface area contributed by atoms with Crippen molar-refractivity contribution >= 4 is 27.8 Å². The van der Waals surface area contributed by atoms with Gasteiger partial charge in [-0.25, -0.2) is 0 Å². The van der Waals surface area contributed by atoms with E-state index >= 15 is 0 Å². The number of nitrogens with one attached hydrogen (secondary N) is 1. The van der Waals surface area contributed by atoms with Crippen molar-refractivity contribution in [3.8, 4) is 5.75 Å². The number of carbonyl (C=O) groups is 1. The number of thiophene rings is 1. The molecule has 4 nitrogen and oxygen atoms in total. The minimum atomic E-state index is -0.00598. The van der Waals surface area contributed by atoms with Gasteiger partial charge in [0.05, 0.1) is 17.7 Å². The number of hydrogen-bond acceptors (Lipinski definition) is 5. The van der Waals surface area contributed by atoms with E-state index in [1.54, 1.807) is 7.11 Å². The summed E-state index contributed by atoms with van der Waals surface area (Å²) in [6.07, 6.45) is 6.17. The summed E-state index contributed by atoms with van der Waals surface area (Å²) in [5.74, 6) is 1.49. The van der Waals surface area contributed by atoms with E-state index in [-0.39, 0.29) is 5.78 Å². The van der Waals surface area contributed by atoms with Crippen LogP contribution >= 0.6 is 11.3 Å². The van der Waals surface area contributed by atoms with Gasteiger partial charge in [0.15, 0.2) is 11.5 Å². The lowest BCUT2D eigenvalue weighted by Crippen LogP contribution is -2.25. The summed E-state index contributed by atoms with van der Waals surface area (Å²) in [5.41, 5.74) is 6.46. The van der Waals surface area contributed by atoms with Gasteiger partial charge in [-0.1, -0.05) is 13.3 Å². The number of carbonyl (C=O) groups excluding carboxylic acids is 1. The molecule has 20 heavy (non-hydrogen) atoms. The van der Waals surface area contributed by atoms with Crippen molar-refractivity contribution in [2.24, 2.45) is 5.92 Å². The van der Waals surface area contributed by atoms with Gasteiger partial charge in [-0.2, -0.15) is 0 Å². The third kappa shape index (κ3) is 3.08. The third-order valence-electron chi connectivity index (χ3n) is 4.18. The Kier molecular flexibility index (Phi) is 4.91. The van der Waals surface area contributed by atoms with E-state index in [1.165, 1.54) is 50.4 Å². The van der Waals surface area contributed by atoms with Crippen LogP contribution < -0.4 is 15.8 Å². The Morgan fingerprint density at radius 3 is 2.55 bits per heavy atom. The maximum atomic E-state index is 11.6. The van der Waals surface area contributed by atoms with Crippen LogP contribution in [0.3, 0.4) is 0 Å². The normalized spacial score (nSPS) is 22.6. The molecule has 1 aliphatic carbocycles. The Hall–Kier alpha value is -1.23. The van der Waals surface area contributed by atoms with E-state index in [0.29, 0.717) is 22.4 Å². The summed E-state index contributed by atoms with van der Waals surface area (Å²) in [5, 5.41) is 4.42. The first-order valence-corrected chi connectivity index (χ1v) is 8.12. The summed E-state index contributed by atoms with van der Waals surface area (Å²) in [6.45, 7) is 3.80. The number of methoxy groups -OCH3 is 1. The molecule has 0 aromatic carbocycles. The number of nitrogen functional groups attached to an aromatic ring is 1. The fourth-order valence-electron chi connectivity index (χ4n) is 2.89. The van der Waals surface area contributed by atoms with E-state index < -0.39 is 0 Å². The monoisotopic (exact) mass is 296 g/mol. The smallest absolute Gasteiger partial charge is 0.176 e. The van der Waals surface area contributed by atoms with Gasteiger partial charge in [0, 0.05) is 13.0 Å². The van der Waals surface area contributed by atoms with Crippen LogP contribution in [0.1, 0.15) is 55.6 Å². The van der Waals surface area contributed by atoms with Gasteiger partial charge < -0.3 is 15.8 Å². The van der Waals surface area contributed by atoms with Crippen LogP contribution in [0.2, 0.25) is 0 Å². The number of anilines is 2. The number of nitrogens with two attached hydrogens (primary N) is 1. The van der Waals surface area contributed by atoms with Crippen LogP contribution in [0.25, 0.3) is 0 Å². The molecule has 5 heteroatoms. The van der Waals surface area contributed by atoms with Crippen molar-refractivity contribution in [3.63, 3.8) is 0 Å². The van der Waals surface area contributed by atoms with E-state index in [1.807, 2.05) is 0 Å². The molecule has 1 aromatic rings. The largest absolute Gasteiger partial charge is 0.492 e. The molecule has 0 aliphatic heterocycles. The van der Waals surface area contributed by atoms with Crippen LogP contribution in [-0.4, -0.2) is 18.9 Å². The first kappa shape index (κ1) is 15.2. The second-order valence-corrected chi connectivity index (χ2v) is 6.55. The highest BCUT2D eigenvalue weighted by molar-refractivity contribution is 7.19. The highest BCUT2D eigenvalue weighted by atomic mass is 32.1. The molecule has 0 spiro atoms. The highest BCUT2D eigenvalue weighted by Crippen LogP contribution is 2.43. The lowest BCUT2D eigenvalue weighted by Gasteiger charge is -2.28. The molecule has 0 unspecified atom stereocenters. The standard InChI is InChI=1S/C15H24N2O2S/c1-4-10-5-7-11(8-6-10)17-15-13(19-3)12(16)14(20-15)9(2)18/h10-11,17H,4-8,16H2,1-3H3. The average molecular weight is 296 g/mol. The summed E-state index contributed by atoms with van der Waals surface area (Å²) < 4.78 is 5.36. The summed E-state index contributed by atoms with van der Waals surface area (Å²) in [4.78, 5) is 12.2. The maximum Gasteiger partial charge on any atom is 0.176 e. The van der Waals surface area contributed by atoms with Gasteiger partial charge in [0.1, 0.15) is 5.00 Å². The second-order valence-electron chi connectivity index (χ2n) is 5.53. The highest BCUT2D eigenvalue weighted by Gasteiger charge is 2.24. The third-order valence-corrected chi connectivity index (χ3v) is 5.40. The molecular weight excluding hydrogens is 272 g/mol. The quantitative estimate of drug-likeness (QED) is 0.808. The van der Waals surface area contributed by atoms with Crippen LogP contribution in [0, 0.1) is 5.92 Å². The topological polar surface area (TPSA) is 64.4 Å². The Balaban J connectivity index is 2.09. The molecule has 0 radical (unpaired) electrons. The van der Waals surface area contributed by atoms with E-state index in [9.17, 15) is 4.79 Å². The van der Waals surface area contributed by atoms with Crippen LogP contribution in [-0.2, 0) is 0 Å². The maximum absolute atomic E-state index is 11.6. The summed E-state index contributed by atoms with van der Waals surface area (Å²) >= 11 is 1.41. The van der Waals surface area contributed by atoms with Crippen LogP contribution in [0.5, 0.6) is 5.75 Å². The molecule has 1 aliphatic rings. The zero-order chi connectivity index (χ0) is 14.7. The van der Waals surface area contributed by atoms with Crippen molar-refractivity contribution in [2.75, 3.05) is 18.2 Å².